The predicted octanol–water partition coefficient (Wildman–Crippen LogP) is 1.50. The number of hydrogen-bond donors (Lipinski definition) is 2. The molecule has 0 heterocycles. The summed E-state index contributed by atoms with van der Waals surface area (Å²) in [7, 11) is 0. The lowest BCUT2D eigenvalue weighted by molar-refractivity contribution is -0.0498. The van der Waals surface area contributed by atoms with Gasteiger partial charge in [-0.25, -0.2) is 0 Å². The molecule has 0 saturated heterocycles. The summed E-state index contributed by atoms with van der Waals surface area (Å²) in [6, 6.07) is 6.48. The number of aliphatic hydroxyl groups excluding tert-OH is 1. The van der Waals surface area contributed by atoms with Gasteiger partial charge in [0.25, 0.3) is 0 Å². The standard InChI is InChI=1S/C12H15F2NO2/c13-11(14)17-10-3-1-8(2-4-10)12(7-15)5-9(12)6-16/h1-4,9,11,16H,5-7,15H2. The quantitative estimate of drug-likeness (QED) is 0.824. The molecule has 1 saturated carbocycles. The van der Waals surface area contributed by atoms with Crippen LogP contribution in [-0.4, -0.2) is 24.9 Å². The summed E-state index contributed by atoms with van der Waals surface area (Å²) in [6.07, 6.45) is 0.842. The molecule has 17 heavy (non-hydrogen) atoms. The van der Waals surface area contributed by atoms with Crippen molar-refractivity contribution in [2.24, 2.45) is 11.7 Å². The van der Waals surface area contributed by atoms with Crippen LogP contribution in [0.25, 0.3) is 0 Å². The minimum absolute atomic E-state index is 0.104. The van der Waals surface area contributed by atoms with E-state index in [2.05, 4.69) is 4.74 Å². The molecule has 0 amide bonds. The summed E-state index contributed by atoms with van der Waals surface area (Å²) in [5, 5.41) is 9.13. The third kappa shape index (κ3) is 2.25. The largest absolute Gasteiger partial charge is 0.435 e. The number of benzene rings is 1. The van der Waals surface area contributed by atoms with Crippen molar-refractivity contribution >= 4 is 0 Å². The molecular formula is C12H15F2NO2. The zero-order valence-electron chi connectivity index (χ0n) is 9.27. The highest BCUT2D eigenvalue weighted by Gasteiger charge is 2.53. The van der Waals surface area contributed by atoms with Gasteiger partial charge >= 0.3 is 6.61 Å². The van der Waals surface area contributed by atoms with Gasteiger partial charge in [-0.3, -0.25) is 0 Å². The Balaban J connectivity index is 2.13. The van der Waals surface area contributed by atoms with Crippen molar-refractivity contribution in [3.63, 3.8) is 0 Å². The van der Waals surface area contributed by atoms with Crippen LogP contribution < -0.4 is 10.5 Å². The van der Waals surface area contributed by atoms with Crippen LogP contribution in [-0.2, 0) is 5.41 Å². The molecule has 2 atom stereocenters. The maximum absolute atomic E-state index is 12.0. The molecule has 3 nitrogen and oxygen atoms in total. The number of halogens is 2. The fourth-order valence-electron chi connectivity index (χ4n) is 2.31. The first-order valence-corrected chi connectivity index (χ1v) is 5.48. The molecule has 1 fully saturated rings. The van der Waals surface area contributed by atoms with E-state index in [0.29, 0.717) is 6.54 Å². The first-order valence-electron chi connectivity index (χ1n) is 5.48. The van der Waals surface area contributed by atoms with E-state index >= 15 is 0 Å². The van der Waals surface area contributed by atoms with E-state index in [1.54, 1.807) is 12.1 Å². The van der Waals surface area contributed by atoms with Crippen molar-refractivity contribution in [3.8, 4) is 5.75 Å². The Morgan fingerprint density at radius 3 is 2.47 bits per heavy atom. The van der Waals surface area contributed by atoms with E-state index in [0.717, 1.165) is 12.0 Å². The van der Waals surface area contributed by atoms with E-state index in [-0.39, 0.29) is 23.7 Å². The summed E-state index contributed by atoms with van der Waals surface area (Å²) in [5.41, 5.74) is 6.51. The zero-order valence-corrected chi connectivity index (χ0v) is 9.27. The van der Waals surface area contributed by atoms with E-state index < -0.39 is 6.61 Å². The predicted molar refractivity (Wildman–Crippen MR) is 59.0 cm³/mol. The number of rotatable bonds is 5. The van der Waals surface area contributed by atoms with Crippen LogP contribution in [0.4, 0.5) is 8.78 Å². The zero-order chi connectivity index (χ0) is 12.5. The second-order valence-corrected chi connectivity index (χ2v) is 4.35. The number of aliphatic hydroxyl groups is 1. The lowest BCUT2D eigenvalue weighted by Crippen LogP contribution is -2.23. The first-order chi connectivity index (χ1) is 8.12. The Kier molecular flexibility index (Phi) is 3.31. The van der Waals surface area contributed by atoms with Crippen molar-refractivity contribution in [1.82, 2.24) is 0 Å². The third-order valence-corrected chi connectivity index (χ3v) is 3.47. The van der Waals surface area contributed by atoms with Crippen molar-refractivity contribution in [3.05, 3.63) is 29.8 Å². The van der Waals surface area contributed by atoms with E-state index in [4.69, 9.17) is 10.8 Å². The van der Waals surface area contributed by atoms with Crippen LogP contribution in [0.3, 0.4) is 0 Å². The summed E-state index contributed by atoms with van der Waals surface area (Å²) in [6.45, 7) is -2.25. The number of ether oxygens (including phenoxy) is 1. The van der Waals surface area contributed by atoms with Gasteiger partial charge in [0.1, 0.15) is 5.75 Å². The molecule has 1 aliphatic carbocycles. The summed E-state index contributed by atoms with van der Waals surface area (Å²) in [5.74, 6) is 0.312. The fourth-order valence-corrected chi connectivity index (χ4v) is 2.31. The van der Waals surface area contributed by atoms with Gasteiger partial charge < -0.3 is 15.6 Å². The van der Waals surface area contributed by atoms with Gasteiger partial charge in [0, 0.05) is 18.6 Å². The van der Waals surface area contributed by atoms with Gasteiger partial charge in [0.2, 0.25) is 0 Å². The molecule has 0 aliphatic heterocycles. The topological polar surface area (TPSA) is 55.5 Å². The molecule has 0 spiro atoms. The highest BCUT2D eigenvalue weighted by molar-refractivity contribution is 5.38. The van der Waals surface area contributed by atoms with E-state index in [9.17, 15) is 8.78 Å². The lowest BCUT2D eigenvalue weighted by Gasteiger charge is -2.15. The smallest absolute Gasteiger partial charge is 0.387 e. The molecule has 2 unspecified atom stereocenters. The van der Waals surface area contributed by atoms with Gasteiger partial charge in [-0.15, -0.1) is 0 Å². The normalized spacial score (nSPS) is 27.2. The number of nitrogens with two attached hydrogens (primary N) is 1. The van der Waals surface area contributed by atoms with Gasteiger partial charge in [0.15, 0.2) is 0 Å². The second kappa shape index (κ2) is 4.58. The number of hydrogen-bond acceptors (Lipinski definition) is 3. The highest BCUT2D eigenvalue weighted by atomic mass is 19.3. The van der Waals surface area contributed by atoms with Crippen LogP contribution in [0.1, 0.15) is 12.0 Å². The minimum atomic E-state index is -2.81. The molecule has 1 aliphatic rings. The van der Waals surface area contributed by atoms with Gasteiger partial charge in [-0.1, -0.05) is 12.1 Å². The Morgan fingerprint density at radius 1 is 1.41 bits per heavy atom. The maximum atomic E-state index is 12.0. The highest BCUT2D eigenvalue weighted by Crippen LogP contribution is 2.53. The number of alkyl halides is 2. The van der Waals surface area contributed by atoms with Crippen molar-refractivity contribution in [1.29, 1.82) is 0 Å². The van der Waals surface area contributed by atoms with Gasteiger partial charge in [-0.05, 0) is 30.0 Å². The lowest BCUT2D eigenvalue weighted by atomic mass is 9.93. The fraction of sp³-hybridized carbons (Fsp3) is 0.500. The average Bonchev–Trinajstić information content (AvgIpc) is 3.04. The minimum Gasteiger partial charge on any atom is -0.435 e. The molecule has 0 bridgehead atoms. The molecule has 3 N–H and O–H groups in total. The van der Waals surface area contributed by atoms with Crippen molar-refractivity contribution < 1.29 is 18.6 Å². The van der Waals surface area contributed by atoms with Crippen molar-refractivity contribution in [2.75, 3.05) is 13.2 Å². The van der Waals surface area contributed by atoms with E-state index in [1.807, 2.05) is 0 Å². The van der Waals surface area contributed by atoms with Crippen LogP contribution in [0.5, 0.6) is 5.75 Å². The Morgan fingerprint density at radius 2 is 2.06 bits per heavy atom. The van der Waals surface area contributed by atoms with E-state index in [1.165, 1.54) is 12.1 Å². The molecule has 0 aromatic heterocycles. The Hall–Kier alpha value is -1.20. The Bertz CT molecular complexity index is 383. The SMILES string of the molecule is NCC1(c2ccc(OC(F)F)cc2)CC1CO. The van der Waals surface area contributed by atoms with Crippen LogP contribution in [0.2, 0.25) is 0 Å². The van der Waals surface area contributed by atoms with Crippen LogP contribution in [0.15, 0.2) is 24.3 Å². The Labute approximate surface area is 98.2 Å². The summed E-state index contributed by atoms with van der Waals surface area (Å²) < 4.78 is 28.2. The molecule has 1 aromatic carbocycles. The van der Waals surface area contributed by atoms with Crippen molar-refractivity contribution in [2.45, 2.75) is 18.4 Å². The van der Waals surface area contributed by atoms with Gasteiger partial charge in [-0.2, -0.15) is 8.78 Å². The average molecular weight is 243 g/mol. The molecule has 5 heteroatoms. The molecule has 0 radical (unpaired) electrons. The third-order valence-electron chi connectivity index (χ3n) is 3.47. The molecule has 2 rings (SSSR count). The van der Waals surface area contributed by atoms with Gasteiger partial charge in [0.05, 0.1) is 0 Å². The molecule has 94 valence electrons. The summed E-state index contributed by atoms with van der Waals surface area (Å²) in [4.78, 5) is 0. The first kappa shape index (κ1) is 12.3. The van der Waals surface area contributed by atoms with Crippen LogP contribution in [0, 0.1) is 5.92 Å². The monoisotopic (exact) mass is 243 g/mol. The maximum Gasteiger partial charge on any atom is 0.387 e. The molecule has 1 aromatic rings. The second-order valence-electron chi connectivity index (χ2n) is 4.35. The molecular weight excluding hydrogens is 228 g/mol. The van der Waals surface area contributed by atoms with Crippen LogP contribution >= 0.6 is 0 Å². The summed E-state index contributed by atoms with van der Waals surface area (Å²) >= 11 is 0.